The van der Waals surface area contributed by atoms with Gasteiger partial charge in [-0.2, -0.15) is 0 Å². The first-order chi connectivity index (χ1) is 4.36. The summed E-state index contributed by atoms with van der Waals surface area (Å²) < 4.78 is 4.46. The summed E-state index contributed by atoms with van der Waals surface area (Å²) in [4.78, 5) is 20.6. The molecule has 0 unspecified atom stereocenters. The third kappa shape index (κ3) is 4.78. The first-order valence-corrected chi connectivity index (χ1v) is 2.79. The average molecular weight is 227 g/mol. The number of ether oxygens (including phenoxy) is 1. The van der Waals surface area contributed by atoms with Crippen molar-refractivity contribution in [1.29, 1.82) is 0 Å². The maximum Gasteiger partial charge on any atom is 0.347 e. The maximum absolute atomic E-state index is 10.3. The molecule has 0 heterocycles. The highest BCUT2D eigenvalue weighted by Crippen LogP contribution is 2.08. The molecule has 1 N–H and O–H groups in total. The van der Waals surface area contributed by atoms with Crippen LogP contribution < -0.4 is 0 Å². The molecule has 0 aromatic carbocycles. The van der Waals surface area contributed by atoms with E-state index < -0.39 is 17.5 Å². The number of halogens is 1. The second kappa shape index (κ2) is 4.33. The summed E-state index contributed by atoms with van der Waals surface area (Å²) in [7, 11) is 0. The van der Waals surface area contributed by atoms with E-state index in [9.17, 15) is 9.59 Å². The van der Waals surface area contributed by atoms with E-state index in [0.717, 1.165) is 0 Å². The second-order valence-electron chi connectivity index (χ2n) is 2.41. The topological polar surface area (TPSA) is 63.6 Å². The molecule has 0 aromatic heterocycles. The number of carbonyl (C=O) groups excluding carboxylic acids is 1. The van der Waals surface area contributed by atoms with Gasteiger partial charge in [0.15, 0.2) is 0 Å². The minimum absolute atomic E-state index is 0. The predicted molar refractivity (Wildman–Crippen MR) is 43.8 cm³/mol. The van der Waals surface area contributed by atoms with Crippen LogP contribution in [0.1, 0.15) is 20.8 Å². The monoisotopic (exact) mass is 226 g/mol. The van der Waals surface area contributed by atoms with Gasteiger partial charge in [0.25, 0.3) is 0 Å². The van der Waals surface area contributed by atoms with Crippen molar-refractivity contribution in [3.63, 3.8) is 0 Å². The molecule has 0 fully saturated rings. The van der Waals surface area contributed by atoms with Crippen LogP contribution in [0.15, 0.2) is 0 Å². The van der Waals surface area contributed by atoms with Crippen molar-refractivity contribution in [2.75, 3.05) is 0 Å². The molecule has 0 rings (SSSR count). The highest BCUT2D eigenvalue weighted by molar-refractivity contribution is 8.93. The van der Waals surface area contributed by atoms with Crippen LogP contribution in [0.4, 0.5) is 0 Å². The van der Waals surface area contributed by atoms with Gasteiger partial charge in [-0.3, -0.25) is 4.79 Å². The fraction of sp³-hybridized carbons (Fsp3) is 0.667. The zero-order chi connectivity index (χ0) is 8.36. The molecular formula is C6H11BrO4. The normalized spacial score (nSPS) is 9.73. The van der Waals surface area contributed by atoms with Crippen LogP contribution in [0.2, 0.25) is 0 Å². The molecule has 5 heteroatoms. The first-order valence-electron chi connectivity index (χ1n) is 2.79. The van der Waals surface area contributed by atoms with E-state index in [0.29, 0.717) is 0 Å². The smallest absolute Gasteiger partial charge is 0.347 e. The number of carboxylic acids is 1. The van der Waals surface area contributed by atoms with Crippen molar-refractivity contribution in [1.82, 2.24) is 0 Å². The van der Waals surface area contributed by atoms with E-state index in [1.54, 1.807) is 0 Å². The summed E-state index contributed by atoms with van der Waals surface area (Å²) in [6, 6.07) is 0. The molecule has 0 aliphatic carbocycles. The lowest BCUT2D eigenvalue weighted by atomic mass is 10.1. The van der Waals surface area contributed by atoms with Crippen molar-refractivity contribution in [2.45, 2.75) is 26.4 Å². The van der Waals surface area contributed by atoms with Crippen molar-refractivity contribution < 1.29 is 19.4 Å². The summed E-state index contributed by atoms with van der Waals surface area (Å²) in [5.74, 6) is -1.74. The third-order valence-corrected chi connectivity index (χ3v) is 0.914. The number of hydrogen-bond donors (Lipinski definition) is 1. The van der Waals surface area contributed by atoms with E-state index in [1.165, 1.54) is 20.8 Å². The number of hydrogen-bond acceptors (Lipinski definition) is 3. The Kier molecular flexibility index (Phi) is 5.13. The van der Waals surface area contributed by atoms with E-state index in [2.05, 4.69) is 4.74 Å². The number of carboxylic acid groups (broad SMARTS) is 1. The molecule has 0 radical (unpaired) electrons. The highest BCUT2D eigenvalue weighted by Gasteiger charge is 2.30. The Bertz CT molecular complexity index is 164. The molecule has 0 spiro atoms. The second-order valence-corrected chi connectivity index (χ2v) is 2.41. The van der Waals surface area contributed by atoms with E-state index in [-0.39, 0.29) is 17.0 Å². The minimum atomic E-state index is -1.41. The standard InChI is InChI=1S/C6H10O4.BrH/c1-4(7)10-6(2,3)5(8)9;/h1-3H3,(H,8,9);1H. The lowest BCUT2D eigenvalue weighted by molar-refractivity contribution is -0.172. The lowest BCUT2D eigenvalue weighted by Gasteiger charge is -2.18. The Hall–Kier alpha value is -0.580. The van der Waals surface area contributed by atoms with Crippen molar-refractivity contribution in [3.8, 4) is 0 Å². The van der Waals surface area contributed by atoms with Crippen LogP contribution in [-0.4, -0.2) is 22.6 Å². The van der Waals surface area contributed by atoms with Gasteiger partial charge >= 0.3 is 11.9 Å². The average Bonchev–Trinajstić information content (AvgIpc) is 1.60. The van der Waals surface area contributed by atoms with E-state index in [1.807, 2.05) is 0 Å². The van der Waals surface area contributed by atoms with Crippen LogP contribution in [0.25, 0.3) is 0 Å². The van der Waals surface area contributed by atoms with Crippen LogP contribution in [0.5, 0.6) is 0 Å². The van der Waals surface area contributed by atoms with Crippen molar-refractivity contribution in [2.24, 2.45) is 0 Å². The van der Waals surface area contributed by atoms with Crippen LogP contribution >= 0.6 is 17.0 Å². The maximum atomic E-state index is 10.3. The molecule has 0 aliphatic rings. The van der Waals surface area contributed by atoms with Gasteiger partial charge in [-0.25, -0.2) is 4.79 Å². The number of esters is 1. The Labute approximate surface area is 75.3 Å². The third-order valence-electron chi connectivity index (χ3n) is 0.914. The van der Waals surface area contributed by atoms with Gasteiger partial charge in [-0.1, -0.05) is 0 Å². The lowest BCUT2D eigenvalue weighted by Crippen LogP contribution is -2.36. The number of rotatable bonds is 2. The van der Waals surface area contributed by atoms with E-state index >= 15 is 0 Å². The van der Waals surface area contributed by atoms with Crippen molar-refractivity contribution >= 4 is 28.9 Å². The fourth-order valence-electron chi connectivity index (χ4n) is 0.403. The SMILES string of the molecule is Br.CC(=O)OC(C)(C)C(=O)O. The first kappa shape index (κ1) is 13.0. The minimum Gasteiger partial charge on any atom is -0.478 e. The van der Waals surface area contributed by atoms with Gasteiger partial charge in [0, 0.05) is 6.92 Å². The summed E-state index contributed by atoms with van der Waals surface area (Å²) in [6.45, 7) is 3.80. The molecule has 11 heavy (non-hydrogen) atoms. The molecule has 0 bridgehead atoms. The summed E-state index contributed by atoms with van der Waals surface area (Å²) in [5.41, 5.74) is -1.41. The van der Waals surface area contributed by atoms with Gasteiger partial charge in [-0.05, 0) is 13.8 Å². The Morgan fingerprint density at radius 1 is 1.36 bits per heavy atom. The molecule has 0 amide bonds. The quantitative estimate of drug-likeness (QED) is 0.714. The Morgan fingerprint density at radius 2 is 1.73 bits per heavy atom. The predicted octanol–water partition coefficient (Wildman–Crippen LogP) is 0.991. The van der Waals surface area contributed by atoms with Gasteiger partial charge in [0.05, 0.1) is 0 Å². The largest absolute Gasteiger partial charge is 0.478 e. The zero-order valence-electron chi connectivity index (χ0n) is 6.58. The Balaban J connectivity index is 0. The molecule has 0 saturated carbocycles. The zero-order valence-corrected chi connectivity index (χ0v) is 8.29. The molecule has 0 aliphatic heterocycles. The van der Waals surface area contributed by atoms with Crippen LogP contribution in [0.3, 0.4) is 0 Å². The van der Waals surface area contributed by atoms with Crippen LogP contribution in [0, 0.1) is 0 Å². The summed E-state index contributed by atoms with van der Waals surface area (Å²) >= 11 is 0. The molecule has 0 saturated heterocycles. The van der Waals surface area contributed by atoms with Gasteiger partial charge in [0.1, 0.15) is 0 Å². The molecular weight excluding hydrogens is 216 g/mol. The summed E-state index contributed by atoms with van der Waals surface area (Å²) in [5, 5.41) is 8.41. The number of carbonyl (C=O) groups is 2. The molecule has 0 atom stereocenters. The highest BCUT2D eigenvalue weighted by atomic mass is 79.9. The van der Waals surface area contributed by atoms with Crippen LogP contribution in [-0.2, 0) is 14.3 Å². The van der Waals surface area contributed by atoms with Crippen molar-refractivity contribution in [3.05, 3.63) is 0 Å². The van der Waals surface area contributed by atoms with Gasteiger partial charge in [-0.15, -0.1) is 17.0 Å². The van der Waals surface area contributed by atoms with Gasteiger partial charge in [0.2, 0.25) is 5.60 Å². The fourth-order valence-corrected chi connectivity index (χ4v) is 0.403. The number of aliphatic carboxylic acids is 1. The molecule has 66 valence electrons. The molecule has 4 nitrogen and oxygen atoms in total. The Morgan fingerprint density at radius 3 is 1.82 bits per heavy atom. The summed E-state index contributed by atoms with van der Waals surface area (Å²) in [6.07, 6.45) is 0. The molecule has 0 aromatic rings. The van der Waals surface area contributed by atoms with E-state index in [4.69, 9.17) is 5.11 Å². The van der Waals surface area contributed by atoms with Gasteiger partial charge < -0.3 is 9.84 Å².